The zero-order valence-electron chi connectivity index (χ0n) is 19.5. The first-order chi connectivity index (χ1) is 16.2. The van der Waals surface area contributed by atoms with Crippen molar-refractivity contribution in [2.75, 3.05) is 0 Å². The van der Waals surface area contributed by atoms with Crippen molar-refractivity contribution in [3.8, 4) is 0 Å². The molecule has 0 spiro atoms. The van der Waals surface area contributed by atoms with Gasteiger partial charge in [0.05, 0.1) is 12.5 Å². The average molecular weight is 504 g/mol. The van der Waals surface area contributed by atoms with Gasteiger partial charge in [0.1, 0.15) is 18.1 Å². The molecule has 0 radical (unpaired) electrons. The molecule has 0 aliphatic heterocycles. The molecular formula is C20H33N5O10. The first-order valence-electron chi connectivity index (χ1n) is 10.8. The highest BCUT2D eigenvalue weighted by Gasteiger charge is 2.33. The first-order valence-corrected chi connectivity index (χ1v) is 10.8. The molecule has 4 amide bonds. The van der Waals surface area contributed by atoms with Crippen LogP contribution in [0.4, 0.5) is 0 Å². The SMILES string of the molecule is CCC(C)C(NC(=O)C(CC(=O)O)NC(=O)C(CCC(=O)O)NC(=O)C(N)CCC(N)=O)C(=O)O. The smallest absolute Gasteiger partial charge is 0.326 e. The third kappa shape index (κ3) is 12.3. The number of carboxylic acid groups (broad SMARTS) is 3. The Balaban J connectivity index is 5.61. The van der Waals surface area contributed by atoms with Crippen LogP contribution in [-0.2, 0) is 33.6 Å². The Morgan fingerprint density at radius 2 is 1.31 bits per heavy atom. The van der Waals surface area contributed by atoms with Crippen LogP contribution in [0.25, 0.3) is 0 Å². The minimum absolute atomic E-state index is 0.148. The maximum absolute atomic E-state index is 12.8. The summed E-state index contributed by atoms with van der Waals surface area (Å²) in [6, 6.07) is -5.86. The second-order valence-corrected chi connectivity index (χ2v) is 7.97. The normalized spacial score (nSPS) is 14.9. The summed E-state index contributed by atoms with van der Waals surface area (Å²) in [5, 5.41) is 33.9. The van der Waals surface area contributed by atoms with E-state index in [0.29, 0.717) is 6.42 Å². The van der Waals surface area contributed by atoms with Gasteiger partial charge >= 0.3 is 17.9 Å². The minimum Gasteiger partial charge on any atom is -0.481 e. The quantitative estimate of drug-likeness (QED) is 0.103. The fourth-order valence-corrected chi connectivity index (χ4v) is 2.84. The second-order valence-electron chi connectivity index (χ2n) is 7.97. The summed E-state index contributed by atoms with van der Waals surface area (Å²) in [4.78, 5) is 82.2. The summed E-state index contributed by atoms with van der Waals surface area (Å²) in [5.74, 6) is -8.44. The van der Waals surface area contributed by atoms with Gasteiger partial charge in [0, 0.05) is 12.8 Å². The number of hydrogen-bond donors (Lipinski definition) is 8. The van der Waals surface area contributed by atoms with Gasteiger partial charge in [-0.25, -0.2) is 4.79 Å². The lowest BCUT2D eigenvalue weighted by Crippen LogP contribution is -2.58. The van der Waals surface area contributed by atoms with Crippen molar-refractivity contribution in [3.63, 3.8) is 0 Å². The number of hydrogen-bond acceptors (Lipinski definition) is 8. The van der Waals surface area contributed by atoms with Crippen molar-refractivity contribution in [3.05, 3.63) is 0 Å². The first kappa shape index (κ1) is 31.2. The molecule has 35 heavy (non-hydrogen) atoms. The number of carbonyl (C=O) groups is 7. The Bertz CT molecular complexity index is 818. The highest BCUT2D eigenvalue weighted by atomic mass is 16.4. The van der Waals surface area contributed by atoms with Gasteiger partial charge in [0.25, 0.3) is 0 Å². The van der Waals surface area contributed by atoms with Gasteiger partial charge in [-0.1, -0.05) is 20.3 Å². The Morgan fingerprint density at radius 3 is 1.77 bits per heavy atom. The van der Waals surface area contributed by atoms with Crippen molar-refractivity contribution < 1.29 is 48.9 Å². The van der Waals surface area contributed by atoms with Crippen LogP contribution in [-0.4, -0.2) is 81.0 Å². The molecule has 5 atom stereocenters. The van der Waals surface area contributed by atoms with Gasteiger partial charge in [-0.3, -0.25) is 28.8 Å². The molecule has 5 unspecified atom stereocenters. The molecule has 10 N–H and O–H groups in total. The molecule has 0 bridgehead atoms. The van der Waals surface area contributed by atoms with E-state index in [0.717, 1.165) is 0 Å². The molecule has 0 fully saturated rings. The van der Waals surface area contributed by atoms with E-state index < -0.39 is 90.9 Å². The zero-order valence-corrected chi connectivity index (χ0v) is 19.5. The molecule has 0 aliphatic carbocycles. The molecule has 0 aromatic rings. The van der Waals surface area contributed by atoms with Gasteiger partial charge in [-0.2, -0.15) is 0 Å². The van der Waals surface area contributed by atoms with Crippen molar-refractivity contribution in [2.45, 2.75) is 76.5 Å². The third-order valence-corrected chi connectivity index (χ3v) is 5.11. The topological polar surface area (TPSA) is 268 Å². The number of aliphatic carboxylic acids is 3. The van der Waals surface area contributed by atoms with Gasteiger partial charge < -0.3 is 42.7 Å². The summed E-state index contributed by atoms with van der Waals surface area (Å²) in [7, 11) is 0. The molecular weight excluding hydrogens is 470 g/mol. The maximum Gasteiger partial charge on any atom is 0.326 e. The highest BCUT2D eigenvalue weighted by Crippen LogP contribution is 2.09. The van der Waals surface area contributed by atoms with E-state index in [-0.39, 0.29) is 12.8 Å². The number of rotatable bonds is 17. The monoisotopic (exact) mass is 503 g/mol. The highest BCUT2D eigenvalue weighted by molar-refractivity contribution is 5.95. The Hall–Kier alpha value is -3.75. The Labute approximate surface area is 201 Å². The predicted molar refractivity (Wildman–Crippen MR) is 118 cm³/mol. The third-order valence-electron chi connectivity index (χ3n) is 5.11. The number of nitrogens with one attached hydrogen (secondary N) is 3. The zero-order chi connectivity index (χ0) is 27.3. The summed E-state index contributed by atoms with van der Waals surface area (Å²) in [6.07, 6.45) is -1.90. The van der Waals surface area contributed by atoms with Gasteiger partial charge in [0.2, 0.25) is 23.6 Å². The summed E-state index contributed by atoms with van der Waals surface area (Å²) in [5.41, 5.74) is 10.6. The molecule has 0 saturated carbocycles. The van der Waals surface area contributed by atoms with Crippen LogP contribution in [0.1, 0.15) is 52.4 Å². The fourth-order valence-electron chi connectivity index (χ4n) is 2.84. The Morgan fingerprint density at radius 1 is 0.771 bits per heavy atom. The summed E-state index contributed by atoms with van der Waals surface area (Å²) < 4.78 is 0. The van der Waals surface area contributed by atoms with Crippen LogP contribution < -0.4 is 27.4 Å². The molecule has 0 aromatic heterocycles. The van der Waals surface area contributed by atoms with Crippen LogP contribution in [0.3, 0.4) is 0 Å². The van der Waals surface area contributed by atoms with Gasteiger partial charge in [-0.05, 0) is 18.8 Å². The maximum atomic E-state index is 12.8. The van der Waals surface area contributed by atoms with E-state index in [1.54, 1.807) is 13.8 Å². The van der Waals surface area contributed by atoms with Crippen molar-refractivity contribution in [1.29, 1.82) is 0 Å². The van der Waals surface area contributed by atoms with Crippen LogP contribution in [0, 0.1) is 5.92 Å². The van der Waals surface area contributed by atoms with Crippen LogP contribution in [0.15, 0.2) is 0 Å². The van der Waals surface area contributed by atoms with Gasteiger partial charge in [-0.15, -0.1) is 0 Å². The van der Waals surface area contributed by atoms with Crippen molar-refractivity contribution in [1.82, 2.24) is 16.0 Å². The molecule has 0 aromatic carbocycles. The van der Waals surface area contributed by atoms with E-state index in [1.807, 2.05) is 0 Å². The van der Waals surface area contributed by atoms with Crippen LogP contribution in [0.2, 0.25) is 0 Å². The minimum atomic E-state index is -1.72. The number of carbonyl (C=O) groups excluding carboxylic acids is 4. The van der Waals surface area contributed by atoms with Crippen molar-refractivity contribution in [2.24, 2.45) is 17.4 Å². The molecule has 0 saturated heterocycles. The van der Waals surface area contributed by atoms with E-state index in [4.69, 9.17) is 21.7 Å². The van der Waals surface area contributed by atoms with Crippen LogP contribution in [0.5, 0.6) is 0 Å². The van der Waals surface area contributed by atoms with E-state index in [2.05, 4.69) is 16.0 Å². The molecule has 15 nitrogen and oxygen atoms in total. The van der Waals surface area contributed by atoms with E-state index >= 15 is 0 Å². The molecule has 15 heteroatoms. The predicted octanol–water partition coefficient (Wildman–Crippen LogP) is -2.50. The molecule has 0 rings (SSSR count). The molecule has 198 valence electrons. The summed E-state index contributed by atoms with van der Waals surface area (Å²) in [6.45, 7) is 3.25. The lowest BCUT2D eigenvalue weighted by molar-refractivity contribution is -0.144. The van der Waals surface area contributed by atoms with Gasteiger partial charge in [0.15, 0.2) is 0 Å². The largest absolute Gasteiger partial charge is 0.481 e. The summed E-state index contributed by atoms with van der Waals surface area (Å²) >= 11 is 0. The fraction of sp³-hybridized carbons (Fsp3) is 0.650. The standard InChI is InChI=1S/C20H33N5O10/c1-3-9(2)16(20(34)35)25-19(33)12(8-15(29)30)24-18(32)11(5-7-14(27)28)23-17(31)10(21)4-6-13(22)26/h9-12,16H,3-8,21H2,1-2H3,(H2,22,26)(H,23,31)(H,24,32)(H,25,33)(H,27,28)(H,29,30)(H,34,35). The lowest BCUT2D eigenvalue weighted by atomic mass is 9.98. The van der Waals surface area contributed by atoms with Crippen molar-refractivity contribution >= 4 is 41.5 Å². The second kappa shape index (κ2) is 15.2. The van der Waals surface area contributed by atoms with Crippen LogP contribution >= 0.6 is 0 Å². The average Bonchev–Trinajstić information content (AvgIpc) is 2.76. The number of amides is 4. The Kier molecular flexibility index (Phi) is 13.6. The number of carboxylic acids is 3. The number of nitrogens with two attached hydrogens (primary N) is 2. The number of primary amides is 1. The molecule has 0 aliphatic rings. The lowest BCUT2D eigenvalue weighted by Gasteiger charge is -2.25. The van der Waals surface area contributed by atoms with E-state index in [9.17, 15) is 38.7 Å². The molecule has 0 heterocycles. The van der Waals surface area contributed by atoms with E-state index in [1.165, 1.54) is 0 Å².